The van der Waals surface area contributed by atoms with E-state index in [1.165, 1.54) is 12.1 Å². The molecule has 0 saturated heterocycles. The summed E-state index contributed by atoms with van der Waals surface area (Å²) >= 11 is 11.7. The topological polar surface area (TPSA) is 83.5 Å². The molecule has 35 heavy (non-hydrogen) atoms. The average Bonchev–Trinajstić information content (AvgIpc) is 3.38. The summed E-state index contributed by atoms with van der Waals surface area (Å²) in [6.07, 6.45) is 3.17. The van der Waals surface area contributed by atoms with Gasteiger partial charge >= 0.3 is 0 Å². The lowest BCUT2D eigenvalue weighted by atomic mass is 9.65. The fourth-order valence-electron chi connectivity index (χ4n) is 5.40. The molecule has 9 heteroatoms. The second-order valence-electron chi connectivity index (χ2n) is 9.77. The number of aromatic nitrogens is 1. The highest BCUT2D eigenvalue weighted by Gasteiger charge is 2.60. The van der Waals surface area contributed by atoms with Crippen molar-refractivity contribution in [2.24, 2.45) is 5.41 Å². The molecule has 1 unspecified atom stereocenters. The van der Waals surface area contributed by atoms with Crippen LogP contribution < -0.4 is 15.4 Å². The average molecular weight is 518 g/mol. The maximum absolute atomic E-state index is 13.5. The number of carbonyl (C=O) groups excluding carboxylic acids is 1. The molecule has 0 aliphatic heterocycles. The molecule has 1 aromatic heterocycles. The first-order valence-electron chi connectivity index (χ1n) is 11.6. The molecule has 0 radical (unpaired) electrons. The molecule has 3 aliphatic carbocycles. The highest BCUT2D eigenvalue weighted by molar-refractivity contribution is 6.31. The number of nitrogens with zero attached hydrogens (tertiary/aromatic N) is 1. The van der Waals surface area contributed by atoms with Crippen LogP contribution >= 0.6 is 23.2 Å². The van der Waals surface area contributed by atoms with Crippen LogP contribution in [0.25, 0.3) is 10.9 Å². The molecular weight excluding hydrogens is 492 g/mol. The number of carbonyl (C=O) groups is 1. The number of hydrogen-bond acceptors (Lipinski definition) is 5. The zero-order valence-corrected chi connectivity index (χ0v) is 20.5. The minimum absolute atomic E-state index is 0.0153. The van der Waals surface area contributed by atoms with Gasteiger partial charge in [0.2, 0.25) is 0 Å². The monoisotopic (exact) mass is 517 g/mol. The molecule has 3 aromatic rings. The lowest BCUT2D eigenvalue weighted by Crippen LogP contribution is -2.58. The molecule has 3 aliphatic rings. The van der Waals surface area contributed by atoms with Gasteiger partial charge in [-0.05, 0) is 67.5 Å². The highest BCUT2D eigenvalue weighted by Crippen LogP contribution is 2.61. The Labute approximate surface area is 212 Å². The van der Waals surface area contributed by atoms with Gasteiger partial charge in [-0.25, -0.2) is 9.37 Å². The van der Waals surface area contributed by atoms with E-state index in [-0.39, 0.29) is 28.5 Å². The Kier molecular flexibility index (Phi) is 6.61. The zero-order valence-electron chi connectivity index (χ0n) is 19.0. The van der Waals surface area contributed by atoms with E-state index < -0.39 is 11.9 Å². The number of halogens is 3. The standard InChI is InChI=1S/C26H26Cl2FN3O3/c27-17-2-6-22-16(9-17)1-5-23(32-22)24(34)30-15-25-7-8-26(13-25,14-25)31-11-18(33)12-35-19-3-4-20(28)21(29)10-19/h1-6,9-10,18,31,33H,7-8,11-15H2,(H,30,34). The van der Waals surface area contributed by atoms with Crippen molar-refractivity contribution in [3.63, 3.8) is 0 Å². The third-order valence-corrected chi connectivity index (χ3v) is 7.66. The van der Waals surface area contributed by atoms with Gasteiger partial charge in [0, 0.05) is 35.1 Å². The van der Waals surface area contributed by atoms with Crippen molar-refractivity contribution >= 4 is 40.0 Å². The van der Waals surface area contributed by atoms with Crippen LogP contribution in [-0.4, -0.2) is 47.3 Å². The number of β-amino-alcohol motifs (C(OH)–C–C–N with tert-alkyl or cyclic N) is 1. The molecule has 0 spiro atoms. The number of aliphatic hydroxyl groups excluding tert-OH is 1. The third kappa shape index (κ3) is 5.23. The van der Waals surface area contributed by atoms with Crippen molar-refractivity contribution in [1.29, 1.82) is 0 Å². The van der Waals surface area contributed by atoms with Crippen molar-refractivity contribution in [1.82, 2.24) is 15.6 Å². The molecule has 1 atom stereocenters. The number of pyridine rings is 1. The molecule has 3 N–H and O–H groups in total. The van der Waals surface area contributed by atoms with Crippen LogP contribution in [0.3, 0.4) is 0 Å². The Balaban J connectivity index is 1.07. The Morgan fingerprint density at radius 1 is 1.14 bits per heavy atom. The lowest BCUT2D eigenvalue weighted by molar-refractivity contribution is 0.0514. The minimum Gasteiger partial charge on any atom is -0.491 e. The number of hydrogen-bond donors (Lipinski definition) is 3. The molecule has 3 fully saturated rings. The van der Waals surface area contributed by atoms with E-state index in [0.717, 1.165) is 36.6 Å². The number of aliphatic hydroxyl groups is 1. The smallest absolute Gasteiger partial charge is 0.269 e. The fraction of sp³-hybridized carbons (Fsp3) is 0.385. The molecule has 2 aromatic carbocycles. The summed E-state index contributed by atoms with van der Waals surface area (Å²) in [6.45, 7) is 1.03. The van der Waals surface area contributed by atoms with Crippen LogP contribution in [0.5, 0.6) is 5.75 Å². The van der Waals surface area contributed by atoms with Crippen LogP contribution in [0.4, 0.5) is 4.39 Å². The summed E-state index contributed by atoms with van der Waals surface area (Å²) in [6, 6.07) is 13.2. The number of ether oxygens (including phenoxy) is 1. The van der Waals surface area contributed by atoms with E-state index in [1.54, 1.807) is 18.2 Å². The number of fused-ring (bicyclic) bond motifs is 2. The zero-order chi connectivity index (χ0) is 24.6. The SMILES string of the molecule is O=C(NCC12CCC(NCC(O)COc3ccc(Cl)c(F)c3)(C1)C2)c1ccc2cc(Cl)ccc2n1. The van der Waals surface area contributed by atoms with Crippen LogP contribution in [0.15, 0.2) is 48.5 Å². The van der Waals surface area contributed by atoms with Gasteiger partial charge in [0.15, 0.2) is 0 Å². The Hall–Kier alpha value is -2.45. The summed E-state index contributed by atoms with van der Waals surface area (Å²) in [5, 5.41) is 18.4. The van der Waals surface area contributed by atoms with Crippen molar-refractivity contribution in [3.05, 3.63) is 70.1 Å². The summed E-state index contributed by atoms with van der Waals surface area (Å²) in [4.78, 5) is 17.2. The third-order valence-electron chi connectivity index (χ3n) is 7.11. The number of rotatable bonds is 9. The first-order valence-corrected chi connectivity index (χ1v) is 12.4. The van der Waals surface area contributed by atoms with E-state index >= 15 is 0 Å². The molecule has 3 saturated carbocycles. The van der Waals surface area contributed by atoms with Gasteiger partial charge in [-0.3, -0.25) is 4.79 Å². The van der Waals surface area contributed by atoms with Gasteiger partial charge in [0.05, 0.1) is 10.5 Å². The molecule has 2 bridgehead atoms. The molecular formula is C26H26Cl2FN3O3. The van der Waals surface area contributed by atoms with Gasteiger partial charge in [0.25, 0.3) is 5.91 Å². The molecule has 6 rings (SSSR count). The van der Waals surface area contributed by atoms with Gasteiger partial charge in [-0.2, -0.15) is 0 Å². The summed E-state index contributed by atoms with van der Waals surface area (Å²) in [5.74, 6) is -0.409. The lowest BCUT2D eigenvalue weighted by Gasteiger charge is -2.48. The van der Waals surface area contributed by atoms with Crippen LogP contribution in [-0.2, 0) is 0 Å². The van der Waals surface area contributed by atoms with Gasteiger partial charge in [-0.1, -0.05) is 29.3 Å². The largest absolute Gasteiger partial charge is 0.491 e. The molecule has 184 valence electrons. The Morgan fingerprint density at radius 3 is 2.77 bits per heavy atom. The molecule has 1 heterocycles. The normalized spacial score (nSPS) is 23.7. The number of benzene rings is 2. The van der Waals surface area contributed by atoms with E-state index in [4.69, 9.17) is 27.9 Å². The summed E-state index contributed by atoms with van der Waals surface area (Å²) < 4.78 is 19.0. The second kappa shape index (κ2) is 9.54. The van der Waals surface area contributed by atoms with Crippen molar-refractivity contribution in [2.75, 3.05) is 19.7 Å². The number of amides is 1. The van der Waals surface area contributed by atoms with Gasteiger partial charge < -0.3 is 20.5 Å². The Morgan fingerprint density at radius 2 is 1.97 bits per heavy atom. The predicted octanol–water partition coefficient (Wildman–Crippen LogP) is 4.75. The first kappa shape index (κ1) is 24.3. The van der Waals surface area contributed by atoms with Crippen molar-refractivity contribution in [2.45, 2.75) is 37.3 Å². The van der Waals surface area contributed by atoms with Crippen molar-refractivity contribution in [3.8, 4) is 5.75 Å². The van der Waals surface area contributed by atoms with E-state index in [9.17, 15) is 14.3 Å². The predicted molar refractivity (Wildman–Crippen MR) is 134 cm³/mol. The van der Waals surface area contributed by atoms with E-state index in [0.29, 0.717) is 29.6 Å². The Bertz CT molecular complexity index is 1270. The molecule has 6 nitrogen and oxygen atoms in total. The van der Waals surface area contributed by atoms with Crippen molar-refractivity contribution < 1.29 is 19.0 Å². The highest BCUT2D eigenvalue weighted by atomic mass is 35.5. The maximum Gasteiger partial charge on any atom is 0.269 e. The first-order chi connectivity index (χ1) is 16.7. The van der Waals surface area contributed by atoms with Crippen LogP contribution in [0, 0.1) is 11.2 Å². The number of nitrogens with one attached hydrogen (secondary N) is 2. The minimum atomic E-state index is -0.729. The summed E-state index contributed by atoms with van der Waals surface area (Å²) in [5.41, 5.74) is 1.19. The van der Waals surface area contributed by atoms with Gasteiger partial charge in [0.1, 0.15) is 30.0 Å². The fourth-order valence-corrected chi connectivity index (χ4v) is 5.70. The second-order valence-corrected chi connectivity index (χ2v) is 10.6. The van der Waals surface area contributed by atoms with Crippen LogP contribution in [0.2, 0.25) is 10.0 Å². The molecule has 1 amide bonds. The van der Waals surface area contributed by atoms with E-state index in [2.05, 4.69) is 15.6 Å². The van der Waals surface area contributed by atoms with E-state index in [1.807, 2.05) is 18.2 Å². The summed E-state index contributed by atoms with van der Waals surface area (Å²) in [7, 11) is 0. The van der Waals surface area contributed by atoms with Gasteiger partial charge in [-0.15, -0.1) is 0 Å². The maximum atomic E-state index is 13.5. The van der Waals surface area contributed by atoms with Crippen LogP contribution in [0.1, 0.15) is 36.2 Å². The quantitative estimate of drug-likeness (QED) is 0.381.